The minimum Gasteiger partial charge on any atom is -0.335 e. The molecule has 1 aromatic carbocycles. The molecule has 82 valence electrons. The lowest BCUT2D eigenvalue weighted by Crippen LogP contribution is -2.57. The Labute approximate surface area is 91.4 Å². The molecule has 0 radical (unpaired) electrons. The van der Waals surface area contributed by atoms with E-state index in [1.165, 1.54) is 0 Å². The van der Waals surface area contributed by atoms with E-state index in [2.05, 4.69) is 15.4 Å². The molecule has 0 atom stereocenters. The third-order valence-electron chi connectivity index (χ3n) is 2.76. The second kappa shape index (κ2) is 3.28. The third-order valence-corrected chi connectivity index (χ3v) is 2.76. The third kappa shape index (κ3) is 1.35. The van der Waals surface area contributed by atoms with Crippen molar-refractivity contribution in [3.05, 3.63) is 23.8 Å². The second-order valence-electron chi connectivity index (χ2n) is 4.00. The zero-order valence-electron chi connectivity index (χ0n) is 8.55. The molecule has 16 heavy (non-hydrogen) atoms. The van der Waals surface area contributed by atoms with Crippen LogP contribution in [0.2, 0.25) is 0 Å². The molecule has 6 heteroatoms. The van der Waals surface area contributed by atoms with Crippen LogP contribution in [-0.4, -0.2) is 45.3 Å². The number of nitrogens with two attached hydrogens (primary N) is 1. The van der Waals surface area contributed by atoms with Gasteiger partial charge in [-0.15, -0.1) is 0 Å². The molecular weight excluding hydrogens is 206 g/mol. The fraction of sp³-hybridized carbons (Fsp3) is 0.300. The molecule has 6 nitrogen and oxygen atoms in total. The number of hydrogen-bond acceptors (Lipinski definition) is 4. The van der Waals surface area contributed by atoms with Crippen molar-refractivity contribution in [3.8, 4) is 0 Å². The van der Waals surface area contributed by atoms with Crippen LogP contribution in [0.15, 0.2) is 18.2 Å². The van der Waals surface area contributed by atoms with Crippen LogP contribution in [0.3, 0.4) is 0 Å². The van der Waals surface area contributed by atoms with Gasteiger partial charge in [0.1, 0.15) is 11.0 Å². The van der Waals surface area contributed by atoms with Crippen LogP contribution >= 0.6 is 0 Å². The van der Waals surface area contributed by atoms with E-state index in [0.717, 1.165) is 5.52 Å². The molecule has 0 saturated carbocycles. The normalized spacial score (nSPS) is 16.4. The number of carbonyl (C=O) groups is 1. The Bertz CT molecular complexity index is 543. The summed E-state index contributed by atoms with van der Waals surface area (Å²) in [5.41, 5.74) is 7.74. The lowest BCUT2D eigenvalue weighted by Gasteiger charge is -2.36. The van der Waals surface area contributed by atoms with Crippen LogP contribution in [0, 0.1) is 0 Å². The Morgan fingerprint density at radius 2 is 2.12 bits per heavy atom. The number of H-pyrrole nitrogens is 1. The highest BCUT2D eigenvalue weighted by Gasteiger charge is 2.28. The second-order valence-corrected chi connectivity index (χ2v) is 4.00. The summed E-state index contributed by atoms with van der Waals surface area (Å²) < 4.78 is 0. The highest BCUT2D eigenvalue weighted by molar-refractivity contribution is 5.97. The fourth-order valence-corrected chi connectivity index (χ4v) is 1.83. The summed E-state index contributed by atoms with van der Waals surface area (Å²) in [6, 6.07) is 5.41. The summed E-state index contributed by atoms with van der Waals surface area (Å²) in [7, 11) is 0. The number of amides is 1. The number of aromatic amines is 1. The first kappa shape index (κ1) is 9.29. The summed E-state index contributed by atoms with van der Waals surface area (Å²) in [6.45, 7) is 1.27. The molecule has 2 aromatic rings. The van der Waals surface area contributed by atoms with Crippen LogP contribution in [-0.2, 0) is 0 Å². The molecule has 0 spiro atoms. The van der Waals surface area contributed by atoms with Gasteiger partial charge in [0.2, 0.25) is 0 Å². The van der Waals surface area contributed by atoms with E-state index in [-0.39, 0.29) is 11.9 Å². The maximum atomic E-state index is 12.0. The van der Waals surface area contributed by atoms with Crippen molar-refractivity contribution in [2.45, 2.75) is 6.04 Å². The molecule has 1 aliphatic rings. The summed E-state index contributed by atoms with van der Waals surface area (Å²) in [6.07, 6.45) is 0. The number of nitrogens with zero attached hydrogens (tertiary/aromatic N) is 3. The lowest BCUT2D eigenvalue weighted by molar-refractivity contribution is 0.0608. The van der Waals surface area contributed by atoms with Gasteiger partial charge in [-0.25, -0.2) is 0 Å². The van der Waals surface area contributed by atoms with Gasteiger partial charge in [-0.2, -0.15) is 15.4 Å². The van der Waals surface area contributed by atoms with Crippen molar-refractivity contribution >= 4 is 16.9 Å². The molecule has 1 aromatic heterocycles. The Kier molecular flexibility index (Phi) is 1.90. The number of fused-ring (bicyclic) bond motifs is 1. The highest BCUT2D eigenvalue weighted by Crippen LogP contribution is 2.15. The van der Waals surface area contributed by atoms with Crippen molar-refractivity contribution in [2.75, 3.05) is 13.1 Å². The first-order chi connectivity index (χ1) is 7.74. The van der Waals surface area contributed by atoms with Crippen molar-refractivity contribution in [3.63, 3.8) is 0 Å². The van der Waals surface area contributed by atoms with Gasteiger partial charge in [-0.3, -0.25) is 4.79 Å². The highest BCUT2D eigenvalue weighted by atomic mass is 16.2. The topological polar surface area (TPSA) is 87.9 Å². The van der Waals surface area contributed by atoms with Gasteiger partial charge in [-0.1, -0.05) is 0 Å². The molecule has 2 heterocycles. The molecule has 1 aliphatic heterocycles. The van der Waals surface area contributed by atoms with Crippen LogP contribution in [0.4, 0.5) is 0 Å². The largest absolute Gasteiger partial charge is 0.335 e. The van der Waals surface area contributed by atoms with E-state index in [9.17, 15) is 4.79 Å². The SMILES string of the molecule is NC1CN(C(=O)c2ccc3n[nH]nc3c2)C1. The van der Waals surface area contributed by atoms with Gasteiger partial charge >= 0.3 is 0 Å². The average molecular weight is 217 g/mol. The predicted octanol–water partition coefficient (Wildman–Crippen LogP) is -0.259. The quantitative estimate of drug-likeness (QED) is 0.689. The zero-order chi connectivity index (χ0) is 11.1. The molecule has 0 aliphatic carbocycles. The van der Waals surface area contributed by atoms with Crippen molar-refractivity contribution in [2.24, 2.45) is 5.73 Å². The number of carbonyl (C=O) groups excluding carboxylic acids is 1. The number of nitrogens with one attached hydrogen (secondary N) is 1. The van der Waals surface area contributed by atoms with Crippen LogP contribution in [0.5, 0.6) is 0 Å². The molecule has 3 N–H and O–H groups in total. The molecule has 1 saturated heterocycles. The van der Waals surface area contributed by atoms with Crippen molar-refractivity contribution in [1.82, 2.24) is 20.3 Å². The van der Waals surface area contributed by atoms with Gasteiger partial charge in [0, 0.05) is 24.7 Å². The monoisotopic (exact) mass is 217 g/mol. The van der Waals surface area contributed by atoms with E-state index < -0.39 is 0 Å². The molecular formula is C10H11N5O. The van der Waals surface area contributed by atoms with Gasteiger partial charge < -0.3 is 10.6 Å². The summed E-state index contributed by atoms with van der Waals surface area (Å²) in [5, 5.41) is 10.4. The van der Waals surface area contributed by atoms with E-state index in [1.807, 2.05) is 0 Å². The molecule has 1 amide bonds. The van der Waals surface area contributed by atoms with E-state index in [4.69, 9.17) is 5.73 Å². The van der Waals surface area contributed by atoms with Crippen molar-refractivity contribution in [1.29, 1.82) is 0 Å². The van der Waals surface area contributed by atoms with Crippen molar-refractivity contribution < 1.29 is 4.79 Å². The smallest absolute Gasteiger partial charge is 0.254 e. The van der Waals surface area contributed by atoms with E-state index in [1.54, 1.807) is 23.1 Å². The van der Waals surface area contributed by atoms with Gasteiger partial charge in [-0.05, 0) is 18.2 Å². The van der Waals surface area contributed by atoms with Crippen LogP contribution in [0.1, 0.15) is 10.4 Å². The number of hydrogen-bond donors (Lipinski definition) is 2. The van der Waals surface area contributed by atoms with Crippen LogP contribution in [0.25, 0.3) is 11.0 Å². The lowest BCUT2D eigenvalue weighted by atomic mass is 10.1. The molecule has 0 bridgehead atoms. The zero-order valence-corrected chi connectivity index (χ0v) is 8.55. The van der Waals surface area contributed by atoms with Gasteiger partial charge in [0.15, 0.2) is 0 Å². The number of likely N-dealkylation sites (tertiary alicyclic amines) is 1. The molecule has 0 unspecified atom stereocenters. The number of benzene rings is 1. The summed E-state index contributed by atoms with van der Waals surface area (Å²) in [4.78, 5) is 13.7. The Balaban J connectivity index is 1.90. The minimum atomic E-state index is 0.00611. The Morgan fingerprint density at radius 3 is 2.88 bits per heavy atom. The summed E-state index contributed by atoms with van der Waals surface area (Å²) in [5.74, 6) is 0.00611. The Hall–Kier alpha value is -1.95. The van der Waals surface area contributed by atoms with E-state index >= 15 is 0 Å². The van der Waals surface area contributed by atoms with E-state index in [0.29, 0.717) is 24.2 Å². The maximum Gasteiger partial charge on any atom is 0.254 e. The minimum absolute atomic E-state index is 0.00611. The van der Waals surface area contributed by atoms with Gasteiger partial charge in [0.05, 0.1) is 0 Å². The average Bonchev–Trinajstić information content (AvgIpc) is 2.70. The maximum absolute atomic E-state index is 12.0. The number of rotatable bonds is 1. The predicted molar refractivity (Wildman–Crippen MR) is 57.8 cm³/mol. The fourth-order valence-electron chi connectivity index (χ4n) is 1.83. The first-order valence-electron chi connectivity index (χ1n) is 5.09. The first-order valence-corrected chi connectivity index (χ1v) is 5.09. The van der Waals surface area contributed by atoms with Gasteiger partial charge in [0.25, 0.3) is 5.91 Å². The Morgan fingerprint density at radius 1 is 1.38 bits per heavy atom. The number of aromatic nitrogens is 3. The standard InChI is InChI=1S/C10H11N5O/c11-7-4-15(5-7)10(16)6-1-2-8-9(3-6)13-14-12-8/h1-3,7H,4-5,11H2,(H,12,13,14). The van der Waals surface area contributed by atoms with Crippen LogP contribution < -0.4 is 5.73 Å². The molecule has 3 rings (SSSR count). The summed E-state index contributed by atoms with van der Waals surface area (Å²) >= 11 is 0. The molecule has 1 fully saturated rings.